The number of nitrogens with zero attached hydrogens (tertiary/aromatic N) is 3. The molecule has 0 amide bonds. The number of thiazole rings is 1. The molecule has 0 unspecified atom stereocenters. The molecule has 0 fully saturated rings. The van der Waals surface area contributed by atoms with Crippen molar-refractivity contribution in [1.29, 1.82) is 0 Å². The number of rotatable bonds is 4. The highest BCUT2D eigenvalue weighted by Crippen LogP contribution is 2.38. The van der Waals surface area contributed by atoms with Gasteiger partial charge < -0.3 is 9.47 Å². The van der Waals surface area contributed by atoms with E-state index < -0.39 is 0 Å². The highest BCUT2D eigenvalue weighted by molar-refractivity contribution is 7.21. The summed E-state index contributed by atoms with van der Waals surface area (Å²) in [6, 6.07) is 9.60. The molecule has 2 heterocycles. The second-order valence-corrected chi connectivity index (χ2v) is 6.88. The number of hydrogen-bond donors (Lipinski definition) is 0. The molecule has 25 heavy (non-hydrogen) atoms. The van der Waals surface area contributed by atoms with Crippen molar-refractivity contribution < 1.29 is 9.47 Å². The van der Waals surface area contributed by atoms with Crippen molar-refractivity contribution in [3.8, 4) is 16.3 Å². The van der Waals surface area contributed by atoms with Gasteiger partial charge in [-0.05, 0) is 18.2 Å². The average molecular weight is 372 g/mol. The van der Waals surface area contributed by atoms with Gasteiger partial charge in [-0.15, -0.1) is 11.3 Å². The summed E-state index contributed by atoms with van der Waals surface area (Å²) >= 11 is 7.89. The number of fused-ring (bicyclic) bond motifs is 2. The van der Waals surface area contributed by atoms with E-state index in [0.717, 1.165) is 43.3 Å². The third-order valence-corrected chi connectivity index (χ3v) is 5.13. The predicted molar refractivity (Wildman–Crippen MR) is 100 cm³/mol. The highest BCUT2D eigenvalue weighted by Gasteiger charge is 2.14. The first-order valence-electron chi connectivity index (χ1n) is 7.57. The van der Waals surface area contributed by atoms with Crippen LogP contribution in [0, 0.1) is 0 Å². The van der Waals surface area contributed by atoms with Gasteiger partial charge in [0.25, 0.3) is 0 Å². The van der Waals surface area contributed by atoms with Crippen molar-refractivity contribution in [1.82, 2.24) is 15.0 Å². The van der Waals surface area contributed by atoms with Crippen LogP contribution in [0.4, 0.5) is 0 Å². The summed E-state index contributed by atoms with van der Waals surface area (Å²) in [5.41, 5.74) is 4.12. The fraction of sp³-hybridized carbons (Fsp3) is 0.167. The van der Waals surface area contributed by atoms with E-state index in [1.165, 1.54) is 0 Å². The van der Waals surface area contributed by atoms with Crippen LogP contribution in [0.15, 0.2) is 36.5 Å². The average Bonchev–Trinajstić information content (AvgIpc) is 3.05. The fourth-order valence-electron chi connectivity index (χ4n) is 2.67. The van der Waals surface area contributed by atoms with Gasteiger partial charge in [0.15, 0.2) is 0 Å². The van der Waals surface area contributed by atoms with Crippen LogP contribution in [0.2, 0.25) is 5.02 Å². The van der Waals surface area contributed by atoms with Gasteiger partial charge in [-0.25, -0.2) is 9.97 Å². The van der Waals surface area contributed by atoms with Crippen molar-refractivity contribution >= 4 is 44.2 Å². The molecule has 2 aromatic carbocycles. The molecule has 0 N–H and O–H groups in total. The third kappa shape index (κ3) is 2.93. The highest BCUT2D eigenvalue weighted by atomic mass is 35.5. The zero-order chi connectivity index (χ0) is 17.4. The van der Waals surface area contributed by atoms with Crippen LogP contribution in [0.5, 0.6) is 5.75 Å². The first kappa shape index (κ1) is 16.2. The Balaban J connectivity index is 1.89. The number of para-hydroxylation sites is 1. The van der Waals surface area contributed by atoms with Crippen LogP contribution >= 0.6 is 22.9 Å². The maximum Gasteiger partial charge on any atom is 0.126 e. The van der Waals surface area contributed by atoms with Crippen LogP contribution in [0.1, 0.15) is 5.69 Å². The molecule has 0 saturated heterocycles. The van der Waals surface area contributed by atoms with Crippen LogP contribution in [0.25, 0.3) is 31.8 Å². The van der Waals surface area contributed by atoms with Gasteiger partial charge in [-0.1, -0.05) is 17.7 Å². The number of aromatic nitrogens is 3. The summed E-state index contributed by atoms with van der Waals surface area (Å²) < 4.78 is 11.4. The molecule has 0 bridgehead atoms. The lowest BCUT2D eigenvalue weighted by Crippen LogP contribution is -1.95. The number of ether oxygens (including phenoxy) is 2. The predicted octanol–water partition coefficient (Wildman–Crippen LogP) is 4.71. The van der Waals surface area contributed by atoms with Crippen LogP contribution in [-0.4, -0.2) is 29.2 Å². The van der Waals surface area contributed by atoms with E-state index in [4.69, 9.17) is 26.1 Å². The standard InChI is InChI=1S/C18H14ClN3O2S/c1-23-9-10-8-20-16-12(4-3-5-14(16)21-10)18-22-17-13(19)6-11(24-2)7-15(17)25-18/h3-8H,9H2,1-2H3. The van der Waals surface area contributed by atoms with Crippen molar-refractivity contribution in [2.75, 3.05) is 14.2 Å². The summed E-state index contributed by atoms with van der Waals surface area (Å²) in [5, 5.41) is 1.43. The largest absolute Gasteiger partial charge is 0.497 e. The quantitative estimate of drug-likeness (QED) is 0.519. The number of benzene rings is 2. The normalized spacial score (nSPS) is 11.3. The molecule has 0 radical (unpaired) electrons. The monoisotopic (exact) mass is 371 g/mol. The van der Waals surface area contributed by atoms with E-state index in [1.54, 1.807) is 37.8 Å². The summed E-state index contributed by atoms with van der Waals surface area (Å²) in [4.78, 5) is 13.9. The second-order valence-electron chi connectivity index (χ2n) is 5.44. The van der Waals surface area contributed by atoms with Crippen LogP contribution in [0.3, 0.4) is 0 Å². The van der Waals surface area contributed by atoms with Crippen molar-refractivity contribution in [2.24, 2.45) is 0 Å². The lowest BCUT2D eigenvalue weighted by atomic mass is 10.2. The van der Waals surface area contributed by atoms with Crippen LogP contribution in [-0.2, 0) is 11.3 Å². The molecular weight excluding hydrogens is 358 g/mol. The maximum absolute atomic E-state index is 6.34. The Kier molecular flexibility index (Phi) is 4.25. The van der Waals surface area contributed by atoms with Gasteiger partial charge in [0.1, 0.15) is 16.3 Å². The molecule has 0 spiro atoms. The molecule has 4 rings (SSSR count). The molecule has 2 aromatic heterocycles. The van der Waals surface area contributed by atoms with E-state index in [2.05, 4.69) is 9.97 Å². The fourth-order valence-corrected chi connectivity index (χ4v) is 4.02. The molecule has 0 aliphatic heterocycles. The lowest BCUT2D eigenvalue weighted by molar-refractivity contribution is 0.181. The number of methoxy groups -OCH3 is 2. The molecule has 0 atom stereocenters. The van der Waals surface area contributed by atoms with Gasteiger partial charge in [0.05, 0.1) is 46.4 Å². The molecule has 5 nitrogen and oxygen atoms in total. The van der Waals surface area contributed by atoms with E-state index in [-0.39, 0.29) is 0 Å². The van der Waals surface area contributed by atoms with Crippen molar-refractivity contribution in [3.63, 3.8) is 0 Å². The van der Waals surface area contributed by atoms with E-state index >= 15 is 0 Å². The van der Waals surface area contributed by atoms with Crippen molar-refractivity contribution in [2.45, 2.75) is 6.61 Å². The summed E-state index contributed by atoms with van der Waals surface area (Å²) in [6.45, 7) is 0.434. The van der Waals surface area contributed by atoms with E-state index in [0.29, 0.717) is 11.6 Å². The molecule has 0 aliphatic rings. The zero-order valence-corrected chi connectivity index (χ0v) is 15.2. The first-order valence-corrected chi connectivity index (χ1v) is 8.77. The Morgan fingerprint density at radius 1 is 1.12 bits per heavy atom. The summed E-state index contributed by atoms with van der Waals surface area (Å²) in [7, 11) is 3.26. The van der Waals surface area contributed by atoms with Crippen LogP contribution < -0.4 is 4.74 Å². The maximum atomic E-state index is 6.34. The lowest BCUT2D eigenvalue weighted by Gasteiger charge is -2.04. The Morgan fingerprint density at radius 3 is 2.80 bits per heavy atom. The minimum atomic E-state index is 0.434. The Labute approximate surface area is 153 Å². The second kappa shape index (κ2) is 6.55. The Hall–Kier alpha value is -2.28. The molecular formula is C18H14ClN3O2S. The molecule has 0 saturated carbocycles. The SMILES string of the molecule is COCc1cnc2c(-c3nc4c(Cl)cc(OC)cc4s3)cccc2n1. The summed E-state index contributed by atoms with van der Waals surface area (Å²) in [5.74, 6) is 0.717. The molecule has 0 aliphatic carbocycles. The molecule has 126 valence electrons. The number of halogens is 1. The molecule has 4 aromatic rings. The minimum Gasteiger partial charge on any atom is -0.497 e. The van der Waals surface area contributed by atoms with E-state index in [9.17, 15) is 0 Å². The Bertz CT molecular complexity index is 1080. The third-order valence-electron chi connectivity index (χ3n) is 3.80. The molecule has 7 heteroatoms. The van der Waals surface area contributed by atoms with E-state index in [1.807, 2.05) is 24.3 Å². The van der Waals surface area contributed by atoms with Gasteiger partial charge in [0.2, 0.25) is 0 Å². The number of hydrogen-bond acceptors (Lipinski definition) is 6. The minimum absolute atomic E-state index is 0.434. The Morgan fingerprint density at radius 2 is 2.00 bits per heavy atom. The topological polar surface area (TPSA) is 57.1 Å². The van der Waals surface area contributed by atoms with Gasteiger partial charge in [-0.2, -0.15) is 0 Å². The van der Waals surface area contributed by atoms with Gasteiger partial charge >= 0.3 is 0 Å². The zero-order valence-electron chi connectivity index (χ0n) is 13.6. The summed E-state index contributed by atoms with van der Waals surface area (Å²) in [6.07, 6.45) is 1.73. The van der Waals surface area contributed by atoms with Gasteiger partial charge in [0, 0.05) is 18.7 Å². The van der Waals surface area contributed by atoms with Crippen molar-refractivity contribution in [3.05, 3.63) is 47.2 Å². The van der Waals surface area contributed by atoms with Gasteiger partial charge in [-0.3, -0.25) is 4.98 Å². The smallest absolute Gasteiger partial charge is 0.126 e. The first-order chi connectivity index (χ1) is 12.2.